The highest BCUT2D eigenvalue weighted by Crippen LogP contribution is 2.28. The minimum atomic E-state index is -3.71. The third-order valence-electron chi connectivity index (χ3n) is 6.45. The number of aliphatic hydroxyl groups excluding tert-OH is 1. The van der Waals surface area contributed by atoms with Gasteiger partial charge in [-0.2, -0.15) is 0 Å². The summed E-state index contributed by atoms with van der Waals surface area (Å²) in [7, 11) is -3.71. The van der Waals surface area contributed by atoms with Crippen molar-refractivity contribution in [3.63, 3.8) is 0 Å². The molecule has 39 heavy (non-hydrogen) atoms. The van der Waals surface area contributed by atoms with E-state index in [1.165, 1.54) is 30.6 Å². The van der Waals surface area contributed by atoms with Gasteiger partial charge in [0.15, 0.2) is 0 Å². The number of hydrogen-bond donors (Lipinski definition) is 3. The number of pyridine rings is 1. The summed E-state index contributed by atoms with van der Waals surface area (Å²) in [6.07, 6.45) is 11.4. The van der Waals surface area contributed by atoms with Crippen molar-refractivity contribution < 1.29 is 13.5 Å². The number of aryl methyl sites for hydroxylation is 1. The second kappa shape index (κ2) is 14.3. The molecule has 1 unspecified atom stereocenters. The minimum Gasteiger partial charge on any atom is -0.387 e. The summed E-state index contributed by atoms with van der Waals surface area (Å²) in [5.41, 5.74) is 3.28. The second-order valence-corrected chi connectivity index (χ2v) is 12.3. The highest BCUT2D eigenvalue weighted by molar-refractivity contribution is 7.92. The van der Waals surface area contributed by atoms with Gasteiger partial charge < -0.3 is 10.4 Å². The van der Waals surface area contributed by atoms with Crippen molar-refractivity contribution >= 4 is 27.0 Å². The number of benzene rings is 2. The number of hydrogen-bond acceptors (Lipinski definition) is 7. The monoisotopic (exact) mass is 564 g/mol. The number of aromatic nitrogens is 2. The van der Waals surface area contributed by atoms with E-state index in [1.54, 1.807) is 54.1 Å². The van der Waals surface area contributed by atoms with E-state index in [2.05, 4.69) is 26.9 Å². The van der Waals surface area contributed by atoms with Crippen LogP contribution in [0.4, 0.5) is 5.69 Å². The fourth-order valence-corrected chi connectivity index (χ4v) is 6.19. The molecule has 206 valence electrons. The zero-order valence-corrected chi connectivity index (χ0v) is 23.8. The summed E-state index contributed by atoms with van der Waals surface area (Å²) in [6, 6.07) is 17.9. The highest BCUT2D eigenvalue weighted by Gasteiger charge is 2.15. The van der Waals surface area contributed by atoms with Gasteiger partial charge in [-0.3, -0.25) is 9.71 Å². The van der Waals surface area contributed by atoms with Gasteiger partial charge in [-0.1, -0.05) is 56.5 Å². The van der Waals surface area contributed by atoms with E-state index in [-0.39, 0.29) is 4.90 Å². The molecule has 2 aromatic heterocycles. The number of unbranched alkanes of at least 4 members (excludes halogenated alkanes) is 3. The lowest BCUT2D eigenvalue weighted by Crippen LogP contribution is -2.23. The third kappa shape index (κ3) is 8.69. The molecule has 0 saturated carbocycles. The molecule has 0 aliphatic rings. The van der Waals surface area contributed by atoms with Gasteiger partial charge in [-0.05, 0) is 61.7 Å². The molecular formula is C30H36N4O3S2. The molecule has 0 saturated heterocycles. The molecule has 0 fully saturated rings. The Balaban J connectivity index is 1.26. The van der Waals surface area contributed by atoms with E-state index in [4.69, 9.17) is 0 Å². The van der Waals surface area contributed by atoms with Crippen LogP contribution in [0.1, 0.15) is 54.7 Å². The smallest absolute Gasteiger partial charge is 0.261 e. The van der Waals surface area contributed by atoms with Crippen LogP contribution in [0.5, 0.6) is 0 Å². The largest absolute Gasteiger partial charge is 0.387 e. The second-order valence-electron chi connectivity index (χ2n) is 9.53. The first kappa shape index (κ1) is 28.9. The quantitative estimate of drug-likeness (QED) is 0.153. The van der Waals surface area contributed by atoms with Crippen LogP contribution in [0.15, 0.2) is 84.1 Å². The van der Waals surface area contributed by atoms with E-state index >= 15 is 0 Å². The molecule has 0 radical (unpaired) electrons. The Kier molecular flexibility index (Phi) is 10.6. The Bertz CT molecular complexity index is 1390. The average Bonchev–Trinajstić information content (AvgIpc) is 3.44. The van der Waals surface area contributed by atoms with Gasteiger partial charge >= 0.3 is 0 Å². The van der Waals surface area contributed by atoms with Crippen molar-refractivity contribution in [3.8, 4) is 10.6 Å². The average molecular weight is 565 g/mol. The van der Waals surface area contributed by atoms with E-state index in [0.29, 0.717) is 18.8 Å². The molecule has 0 bridgehead atoms. The SMILES string of the molecule is CCCCCCc1cnc(-c2ccc(S(=O)(=O)Nc3ccc(CCNCC(O)c4cccnc4)cc3)cc2)s1. The maximum atomic E-state index is 12.9. The predicted octanol–water partition coefficient (Wildman–Crippen LogP) is 5.99. The van der Waals surface area contributed by atoms with E-state index in [9.17, 15) is 13.5 Å². The van der Waals surface area contributed by atoms with Gasteiger partial charge in [0.2, 0.25) is 0 Å². The van der Waals surface area contributed by atoms with Crippen LogP contribution in [-0.2, 0) is 22.9 Å². The first-order chi connectivity index (χ1) is 18.9. The van der Waals surface area contributed by atoms with Crippen LogP contribution in [0.2, 0.25) is 0 Å². The number of nitrogens with one attached hydrogen (secondary N) is 2. The summed E-state index contributed by atoms with van der Waals surface area (Å²) >= 11 is 1.67. The Morgan fingerprint density at radius 3 is 2.46 bits per heavy atom. The van der Waals surface area contributed by atoms with Crippen LogP contribution in [0, 0.1) is 0 Å². The lowest BCUT2D eigenvalue weighted by molar-refractivity contribution is 0.174. The molecule has 7 nitrogen and oxygen atoms in total. The third-order valence-corrected chi connectivity index (χ3v) is 8.95. The lowest BCUT2D eigenvalue weighted by atomic mass is 10.1. The molecule has 3 N–H and O–H groups in total. The molecule has 9 heteroatoms. The maximum absolute atomic E-state index is 12.9. The molecule has 0 spiro atoms. The summed E-state index contributed by atoms with van der Waals surface area (Å²) in [5.74, 6) is 0. The fraction of sp³-hybridized carbons (Fsp3) is 0.333. The summed E-state index contributed by atoms with van der Waals surface area (Å²) in [4.78, 5) is 10.0. The van der Waals surface area contributed by atoms with Crippen LogP contribution < -0.4 is 10.0 Å². The number of aliphatic hydroxyl groups is 1. The van der Waals surface area contributed by atoms with Gasteiger partial charge in [0, 0.05) is 46.8 Å². The Hall–Kier alpha value is -3.11. The number of rotatable bonds is 15. The van der Waals surface area contributed by atoms with E-state index in [0.717, 1.165) is 34.5 Å². The fourth-order valence-electron chi connectivity index (χ4n) is 4.18. The molecular weight excluding hydrogens is 528 g/mol. The molecule has 4 rings (SSSR count). The number of nitrogens with zero attached hydrogens (tertiary/aromatic N) is 2. The number of thiazole rings is 1. The van der Waals surface area contributed by atoms with Gasteiger partial charge in [0.25, 0.3) is 10.0 Å². The molecule has 4 aromatic rings. The normalized spacial score (nSPS) is 12.4. The van der Waals surface area contributed by atoms with Crippen molar-refractivity contribution in [2.45, 2.75) is 56.4 Å². The summed E-state index contributed by atoms with van der Waals surface area (Å²) in [5, 5.41) is 14.4. The zero-order valence-electron chi connectivity index (χ0n) is 22.2. The lowest BCUT2D eigenvalue weighted by Gasteiger charge is -2.12. The molecule has 0 aliphatic carbocycles. The Morgan fingerprint density at radius 2 is 1.74 bits per heavy atom. The Morgan fingerprint density at radius 1 is 0.949 bits per heavy atom. The Labute approximate surface area is 235 Å². The number of sulfonamides is 1. The van der Waals surface area contributed by atoms with Crippen molar-refractivity contribution in [1.82, 2.24) is 15.3 Å². The molecule has 2 aromatic carbocycles. The molecule has 1 atom stereocenters. The molecule has 0 amide bonds. The van der Waals surface area contributed by atoms with Crippen molar-refractivity contribution in [1.29, 1.82) is 0 Å². The highest BCUT2D eigenvalue weighted by atomic mass is 32.2. The topological polar surface area (TPSA) is 104 Å². The van der Waals surface area contributed by atoms with Crippen molar-refractivity contribution in [3.05, 3.63) is 95.3 Å². The minimum absolute atomic E-state index is 0.211. The van der Waals surface area contributed by atoms with Gasteiger partial charge in [0.1, 0.15) is 5.01 Å². The van der Waals surface area contributed by atoms with Crippen LogP contribution in [-0.4, -0.2) is 36.6 Å². The van der Waals surface area contributed by atoms with E-state index in [1.807, 2.05) is 36.5 Å². The molecule has 0 aliphatic heterocycles. The maximum Gasteiger partial charge on any atom is 0.261 e. The van der Waals surface area contributed by atoms with E-state index < -0.39 is 16.1 Å². The first-order valence-electron chi connectivity index (χ1n) is 13.4. The first-order valence-corrected chi connectivity index (χ1v) is 15.7. The zero-order chi connectivity index (χ0) is 27.5. The van der Waals surface area contributed by atoms with Crippen molar-refractivity contribution in [2.24, 2.45) is 0 Å². The van der Waals surface area contributed by atoms with Gasteiger partial charge in [-0.25, -0.2) is 13.4 Å². The van der Waals surface area contributed by atoms with Crippen LogP contribution in [0.25, 0.3) is 10.6 Å². The van der Waals surface area contributed by atoms with Crippen LogP contribution >= 0.6 is 11.3 Å². The number of anilines is 1. The summed E-state index contributed by atoms with van der Waals surface area (Å²) in [6.45, 7) is 3.33. The van der Waals surface area contributed by atoms with Crippen LogP contribution in [0.3, 0.4) is 0 Å². The van der Waals surface area contributed by atoms with Gasteiger partial charge in [-0.15, -0.1) is 11.3 Å². The van der Waals surface area contributed by atoms with Gasteiger partial charge in [0.05, 0.1) is 11.0 Å². The predicted molar refractivity (Wildman–Crippen MR) is 158 cm³/mol. The standard InChI is InChI=1S/C30H36N4O3S2/c1-2-3-4-5-8-27-21-33-30(38-27)24-11-15-28(16-12-24)39(36,37)34-26-13-9-23(10-14-26)17-19-32-22-29(35)25-7-6-18-31-20-25/h6-7,9-16,18,20-21,29,32,34-35H,2-5,8,17,19,22H2,1H3. The molecule has 2 heterocycles. The van der Waals surface area contributed by atoms with Crippen molar-refractivity contribution in [2.75, 3.05) is 17.8 Å². The summed E-state index contributed by atoms with van der Waals surface area (Å²) < 4.78 is 28.5.